The molecule has 1 unspecified atom stereocenters. The van der Waals surface area contributed by atoms with Crippen LogP contribution in [0, 0.1) is 0 Å². The van der Waals surface area contributed by atoms with Crippen LogP contribution >= 0.6 is 23.1 Å². The minimum Gasteiger partial charge on any atom is -0.478 e. The number of anilines is 2. The van der Waals surface area contributed by atoms with E-state index < -0.39 is 23.1 Å². The Balaban J connectivity index is 1.74. The molecule has 0 saturated carbocycles. The van der Waals surface area contributed by atoms with Crippen LogP contribution in [0.5, 0.6) is 0 Å². The summed E-state index contributed by atoms with van der Waals surface area (Å²) in [5, 5.41) is 14.3. The third kappa shape index (κ3) is 7.19. The Morgan fingerprint density at radius 3 is 2.63 bits per heavy atom. The maximum absolute atomic E-state index is 13.2. The van der Waals surface area contributed by atoms with Gasteiger partial charge in [-0.3, -0.25) is 9.59 Å². The zero-order chi connectivity index (χ0) is 25.4. The van der Waals surface area contributed by atoms with Gasteiger partial charge in [-0.15, -0.1) is 23.1 Å². The molecule has 0 aliphatic heterocycles. The van der Waals surface area contributed by atoms with Crippen molar-refractivity contribution in [3.8, 4) is 0 Å². The maximum atomic E-state index is 13.2. The number of hydrogen-bond acceptors (Lipinski definition) is 7. The number of aryl methyl sites for hydroxylation is 1. The molecule has 0 bridgehead atoms. The number of esters is 1. The lowest BCUT2D eigenvalue weighted by atomic mass is 10.1. The van der Waals surface area contributed by atoms with Crippen molar-refractivity contribution in [2.24, 2.45) is 0 Å². The third-order valence-electron chi connectivity index (χ3n) is 5.47. The van der Waals surface area contributed by atoms with E-state index in [0.717, 1.165) is 59.6 Å². The van der Waals surface area contributed by atoms with Crippen molar-refractivity contribution in [3.05, 3.63) is 52.4 Å². The summed E-state index contributed by atoms with van der Waals surface area (Å²) in [6.45, 7) is 1.91. The average Bonchev–Trinajstić information content (AvgIpc) is 3.00. The largest absolute Gasteiger partial charge is 0.478 e. The molecule has 2 aromatic rings. The number of thioether (sulfide) groups is 1. The summed E-state index contributed by atoms with van der Waals surface area (Å²) in [5.41, 5.74) is 1.96. The summed E-state index contributed by atoms with van der Waals surface area (Å²) in [6.07, 6.45) is 7.14. The zero-order valence-corrected chi connectivity index (χ0v) is 21.2. The number of hydrogen-bond donors (Lipinski definition) is 3. The molecule has 8 nitrogen and oxygen atoms in total. The fraction of sp³-hybridized carbons (Fsp3) is 0.360. The van der Waals surface area contributed by atoms with E-state index in [1.807, 2.05) is 13.0 Å². The van der Waals surface area contributed by atoms with Gasteiger partial charge in [0.15, 0.2) is 0 Å². The molecule has 186 valence electrons. The first-order valence-electron chi connectivity index (χ1n) is 11.3. The van der Waals surface area contributed by atoms with E-state index in [1.165, 1.54) is 30.2 Å². The SMILES string of the molecule is CCC(Sc1cccc(NC(=O)/C=C/C(=O)O)c1)C(=O)Nc1sc2c(c1C(=O)OC)CCCCC2. The van der Waals surface area contributed by atoms with Crippen molar-refractivity contribution in [1.82, 2.24) is 0 Å². The van der Waals surface area contributed by atoms with Crippen molar-refractivity contribution in [2.45, 2.75) is 55.6 Å². The van der Waals surface area contributed by atoms with Gasteiger partial charge in [-0.2, -0.15) is 0 Å². The quantitative estimate of drug-likeness (QED) is 0.188. The van der Waals surface area contributed by atoms with Crippen molar-refractivity contribution >= 4 is 57.5 Å². The molecule has 0 saturated heterocycles. The van der Waals surface area contributed by atoms with Crippen molar-refractivity contribution in [2.75, 3.05) is 17.7 Å². The van der Waals surface area contributed by atoms with Gasteiger partial charge in [-0.05, 0) is 55.9 Å². The van der Waals surface area contributed by atoms with Gasteiger partial charge in [-0.25, -0.2) is 9.59 Å². The Bertz CT molecular complexity index is 1140. The summed E-state index contributed by atoms with van der Waals surface area (Å²) in [6, 6.07) is 6.98. The first-order chi connectivity index (χ1) is 16.8. The Kier molecular flexibility index (Phi) is 9.50. The van der Waals surface area contributed by atoms with E-state index in [4.69, 9.17) is 9.84 Å². The first-order valence-corrected chi connectivity index (χ1v) is 13.0. The molecule has 35 heavy (non-hydrogen) atoms. The number of benzene rings is 1. The zero-order valence-electron chi connectivity index (χ0n) is 19.6. The van der Waals surface area contributed by atoms with Gasteiger partial charge in [0.25, 0.3) is 0 Å². The Morgan fingerprint density at radius 2 is 1.91 bits per heavy atom. The van der Waals surface area contributed by atoms with Crippen molar-refractivity contribution < 1.29 is 29.0 Å². The first kappa shape index (κ1) is 26.5. The second-order valence-electron chi connectivity index (χ2n) is 7.95. The van der Waals surface area contributed by atoms with Crippen LogP contribution in [0.1, 0.15) is 53.4 Å². The molecular formula is C25H28N2O6S2. The Hall–Kier alpha value is -3.11. The summed E-state index contributed by atoms with van der Waals surface area (Å²) in [5.74, 6) is -2.41. The predicted octanol–water partition coefficient (Wildman–Crippen LogP) is 4.89. The van der Waals surface area contributed by atoms with Gasteiger partial charge in [0, 0.05) is 27.6 Å². The lowest BCUT2D eigenvalue weighted by Crippen LogP contribution is -2.25. The second kappa shape index (κ2) is 12.6. The van der Waals surface area contributed by atoms with E-state index in [2.05, 4.69) is 10.6 Å². The fourth-order valence-electron chi connectivity index (χ4n) is 3.81. The highest BCUT2D eigenvalue weighted by Gasteiger charge is 2.28. The summed E-state index contributed by atoms with van der Waals surface area (Å²) in [7, 11) is 1.35. The molecular weight excluding hydrogens is 488 g/mol. The molecule has 1 aliphatic rings. The number of methoxy groups -OCH3 is 1. The van der Waals surface area contributed by atoms with Crippen LogP contribution in [-0.4, -0.2) is 41.2 Å². The van der Waals surface area contributed by atoms with Crippen molar-refractivity contribution in [3.63, 3.8) is 0 Å². The highest BCUT2D eigenvalue weighted by atomic mass is 32.2. The number of nitrogens with one attached hydrogen (secondary N) is 2. The monoisotopic (exact) mass is 516 g/mol. The number of aliphatic carboxylic acids is 1. The molecule has 0 fully saturated rings. The number of amides is 2. The van der Waals surface area contributed by atoms with E-state index in [9.17, 15) is 19.2 Å². The van der Waals surface area contributed by atoms with Gasteiger partial charge in [0.1, 0.15) is 5.00 Å². The molecule has 1 heterocycles. The van der Waals surface area contributed by atoms with Crippen LogP contribution in [0.15, 0.2) is 41.3 Å². The summed E-state index contributed by atoms with van der Waals surface area (Å²) >= 11 is 2.81. The minimum atomic E-state index is -1.21. The number of carboxylic acid groups (broad SMARTS) is 1. The number of rotatable bonds is 9. The molecule has 10 heteroatoms. The van der Waals surface area contributed by atoms with E-state index in [-0.39, 0.29) is 5.91 Å². The molecule has 0 radical (unpaired) electrons. The van der Waals surface area contributed by atoms with Gasteiger partial charge < -0.3 is 20.5 Å². The van der Waals surface area contributed by atoms with E-state index >= 15 is 0 Å². The van der Waals surface area contributed by atoms with Crippen LogP contribution in [0.3, 0.4) is 0 Å². The molecule has 2 amide bonds. The third-order valence-corrected chi connectivity index (χ3v) is 8.03. The van der Waals surface area contributed by atoms with Gasteiger partial charge in [-0.1, -0.05) is 19.4 Å². The topological polar surface area (TPSA) is 122 Å². The molecule has 1 aromatic carbocycles. The molecule has 3 N–H and O–H groups in total. The Labute approximate surface area is 212 Å². The molecule has 1 aliphatic carbocycles. The van der Waals surface area contributed by atoms with Crippen LogP contribution in [0.25, 0.3) is 0 Å². The number of carbonyl (C=O) groups excluding carboxylic acids is 3. The molecule has 3 rings (SSSR count). The lowest BCUT2D eigenvalue weighted by molar-refractivity contribution is -0.131. The van der Waals surface area contributed by atoms with E-state index in [1.54, 1.807) is 18.2 Å². The number of ether oxygens (including phenoxy) is 1. The molecule has 1 aromatic heterocycles. The normalized spacial score (nSPS) is 14.0. The standard InChI is InChI=1S/C25H28N2O6S2/c1-3-18(34-16-9-7-8-15(14-16)26-20(28)12-13-21(29)30)23(31)27-24-22(25(32)33-2)17-10-5-4-6-11-19(17)35-24/h7-9,12-14,18H,3-6,10-11H2,1-2H3,(H,26,28)(H,27,31)(H,29,30)/b13-12+. The Morgan fingerprint density at radius 1 is 1.14 bits per heavy atom. The molecule has 1 atom stereocenters. The maximum Gasteiger partial charge on any atom is 0.341 e. The summed E-state index contributed by atoms with van der Waals surface area (Å²) < 4.78 is 5.02. The smallest absolute Gasteiger partial charge is 0.341 e. The van der Waals surface area contributed by atoms with Gasteiger partial charge >= 0.3 is 11.9 Å². The van der Waals surface area contributed by atoms with Crippen LogP contribution in [0.4, 0.5) is 10.7 Å². The number of carbonyl (C=O) groups is 4. The molecule has 0 spiro atoms. The highest BCUT2D eigenvalue weighted by molar-refractivity contribution is 8.00. The second-order valence-corrected chi connectivity index (χ2v) is 10.3. The fourth-order valence-corrected chi connectivity index (χ4v) is 6.10. The number of thiophene rings is 1. The van der Waals surface area contributed by atoms with Gasteiger partial charge in [0.05, 0.1) is 17.9 Å². The number of carboxylic acids is 1. The van der Waals surface area contributed by atoms with Crippen molar-refractivity contribution in [1.29, 1.82) is 0 Å². The number of fused-ring (bicyclic) bond motifs is 1. The van der Waals surface area contributed by atoms with Crippen LogP contribution < -0.4 is 10.6 Å². The average molecular weight is 517 g/mol. The predicted molar refractivity (Wildman–Crippen MR) is 137 cm³/mol. The van der Waals surface area contributed by atoms with Crippen LogP contribution in [-0.2, 0) is 32.0 Å². The van der Waals surface area contributed by atoms with Gasteiger partial charge in [0.2, 0.25) is 11.8 Å². The van der Waals surface area contributed by atoms with E-state index in [0.29, 0.717) is 22.7 Å². The summed E-state index contributed by atoms with van der Waals surface area (Å²) in [4.78, 5) is 50.1. The highest BCUT2D eigenvalue weighted by Crippen LogP contribution is 2.38. The minimum absolute atomic E-state index is 0.210. The lowest BCUT2D eigenvalue weighted by Gasteiger charge is -2.15. The van der Waals surface area contributed by atoms with Crippen LogP contribution in [0.2, 0.25) is 0 Å².